The van der Waals surface area contributed by atoms with Gasteiger partial charge in [-0.25, -0.2) is 18.5 Å². The number of nitrogens with one attached hydrogen (secondary N) is 1. The van der Waals surface area contributed by atoms with E-state index in [4.69, 9.17) is 5.14 Å². The number of nitrogens with zero attached hydrogens (tertiary/aromatic N) is 2. The first-order valence-corrected chi connectivity index (χ1v) is 8.35. The monoisotopic (exact) mass is 336 g/mol. The van der Waals surface area contributed by atoms with Crippen molar-refractivity contribution in [2.45, 2.75) is 24.3 Å². The van der Waals surface area contributed by atoms with Gasteiger partial charge in [0.1, 0.15) is 12.0 Å². The summed E-state index contributed by atoms with van der Waals surface area (Å²) in [6, 6.07) is 8.97. The van der Waals surface area contributed by atoms with Crippen LogP contribution in [-0.2, 0) is 10.0 Å². The van der Waals surface area contributed by atoms with Gasteiger partial charge in [-0.1, -0.05) is 19.1 Å². The molecule has 1 heterocycles. The Morgan fingerprint density at radius 2 is 2.09 bits per heavy atom. The Kier molecular flexibility index (Phi) is 4.92. The number of hydrogen-bond donors (Lipinski definition) is 2. The molecule has 2 rings (SSSR count). The summed E-state index contributed by atoms with van der Waals surface area (Å²) in [5, 5.41) is 18.9. The molecule has 0 fully saturated rings. The lowest BCUT2D eigenvalue weighted by Crippen LogP contribution is -2.15. The maximum absolute atomic E-state index is 11.4. The molecule has 0 aliphatic rings. The van der Waals surface area contributed by atoms with Crippen LogP contribution in [-0.4, -0.2) is 18.3 Å². The van der Waals surface area contributed by atoms with Crippen LogP contribution in [0.3, 0.4) is 0 Å². The second kappa shape index (κ2) is 6.71. The molecule has 0 aliphatic heterocycles. The molecule has 9 heteroatoms. The maximum atomic E-state index is 11.4. The summed E-state index contributed by atoms with van der Waals surface area (Å²) in [6.07, 6.45) is 1.82. The quantitative estimate of drug-likeness (QED) is 0.614. The molecule has 0 amide bonds. The summed E-state index contributed by atoms with van der Waals surface area (Å²) in [6.45, 7) is 1.92. The predicted molar refractivity (Wildman–Crippen MR) is 85.4 cm³/mol. The van der Waals surface area contributed by atoms with Crippen LogP contribution in [0.15, 0.2) is 47.5 Å². The number of rotatable bonds is 6. The van der Waals surface area contributed by atoms with Crippen molar-refractivity contribution in [3.05, 3.63) is 58.3 Å². The third kappa shape index (κ3) is 4.24. The number of benzene rings is 1. The van der Waals surface area contributed by atoms with Crippen LogP contribution in [0.2, 0.25) is 0 Å². The zero-order valence-corrected chi connectivity index (χ0v) is 13.2. The number of nitro groups is 1. The third-order valence-corrected chi connectivity index (χ3v) is 4.19. The molecule has 0 radical (unpaired) electrons. The molecular formula is C14H16N4O4S. The van der Waals surface area contributed by atoms with E-state index in [-0.39, 0.29) is 16.6 Å². The van der Waals surface area contributed by atoms with Gasteiger partial charge in [-0.05, 0) is 30.2 Å². The van der Waals surface area contributed by atoms with Gasteiger partial charge in [-0.15, -0.1) is 0 Å². The molecule has 0 aliphatic carbocycles. The number of anilines is 1. The standard InChI is InChI=1S/C14H16N4O4S/c1-2-13(10-4-3-5-12(8-10)23(15,21)22)17-14-7-6-11(9-16-14)18(19)20/h3-9,13H,2H2,1H3,(H,16,17)(H2,15,21,22)/t13-/m0/s1. The van der Waals surface area contributed by atoms with Crippen molar-refractivity contribution in [1.82, 2.24) is 4.98 Å². The molecule has 1 aromatic heterocycles. The Balaban J connectivity index is 2.25. The number of hydrogen-bond acceptors (Lipinski definition) is 6. The summed E-state index contributed by atoms with van der Waals surface area (Å²) >= 11 is 0. The molecular weight excluding hydrogens is 320 g/mol. The van der Waals surface area contributed by atoms with Crippen LogP contribution >= 0.6 is 0 Å². The molecule has 0 spiro atoms. The first-order valence-electron chi connectivity index (χ1n) is 6.81. The van der Waals surface area contributed by atoms with E-state index in [1.165, 1.54) is 24.3 Å². The first kappa shape index (κ1) is 16.8. The van der Waals surface area contributed by atoms with E-state index in [2.05, 4.69) is 10.3 Å². The summed E-state index contributed by atoms with van der Waals surface area (Å²) in [5.74, 6) is 0.462. The minimum absolute atomic E-state index is 0.0342. The van der Waals surface area contributed by atoms with Crippen molar-refractivity contribution in [3.63, 3.8) is 0 Å². The highest BCUT2D eigenvalue weighted by Gasteiger charge is 2.14. The number of aromatic nitrogens is 1. The highest BCUT2D eigenvalue weighted by Crippen LogP contribution is 2.24. The fourth-order valence-corrected chi connectivity index (χ4v) is 2.66. The number of sulfonamides is 1. The van der Waals surface area contributed by atoms with Gasteiger partial charge in [0.2, 0.25) is 10.0 Å². The molecule has 1 aromatic carbocycles. The summed E-state index contributed by atoms with van der Waals surface area (Å²) in [4.78, 5) is 14.1. The van der Waals surface area contributed by atoms with Crippen molar-refractivity contribution in [2.24, 2.45) is 5.14 Å². The zero-order chi connectivity index (χ0) is 17.0. The molecule has 2 aromatic rings. The molecule has 23 heavy (non-hydrogen) atoms. The zero-order valence-electron chi connectivity index (χ0n) is 12.3. The Bertz CT molecular complexity index is 806. The largest absolute Gasteiger partial charge is 0.363 e. The van der Waals surface area contributed by atoms with Gasteiger partial charge in [0.05, 0.1) is 15.9 Å². The predicted octanol–water partition coefficient (Wildman–Crippen LogP) is 2.20. The molecule has 122 valence electrons. The van der Waals surface area contributed by atoms with Gasteiger partial charge < -0.3 is 5.32 Å². The van der Waals surface area contributed by atoms with Crippen molar-refractivity contribution < 1.29 is 13.3 Å². The lowest BCUT2D eigenvalue weighted by Gasteiger charge is -2.18. The second-order valence-electron chi connectivity index (χ2n) is 4.88. The van der Waals surface area contributed by atoms with Gasteiger partial charge in [0, 0.05) is 6.07 Å². The summed E-state index contributed by atoms with van der Waals surface area (Å²) in [7, 11) is -3.77. The molecule has 0 saturated heterocycles. The Morgan fingerprint density at radius 3 is 2.61 bits per heavy atom. The number of primary sulfonamides is 1. The van der Waals surface area contributed by atoms with E-state index in [1.54, 1.807) is 12.1 Å². The van der Waals surface area contributed by atoms with Crippen molar-refractivity contribution in [3.8, 4) is 0 Å². The molecule has 8 nitrogen and oxygen atoms in total. The van der Waals surface area contributed by atoms with Crippen molar-refractivity contribution >= 4 is 21.5 Å². The van der Waals surface area contributed by atoms with Crippen LogP contribution in [0.4, 0.5) is 11.5 Å². The van der Waals surface area contributed by atoms with E-state index < -0.39 is 14.9 Å². The van der Waals surface area contributed by atoms with Crippen LogP contribution < -0.4 is 10.5 Å². The fourth-order valence-electron chi connectivity index (χ4n) is 2.09. The van der Waals surface area contributed by atoms with E-state index in [0.717, 1.165) is 11.8 Å². The highest BCUT2D eigenvalue weighted by atomic mass is 32.2. The van der Waals surface area contributed by atoms with Crippen molar-refractivity contribution in [2.75, 3.05) is 5.32 Å². The van der Waals surface area contributed by atoms with Gasteiger partial charge in [0.15, 0.2) is 0 Å². The SMILES string of the molecule is CC[C@H](Nc1ccc([N+](=O)[O-])cn1)c1cccc(S(N)(=O)=O)c1. The Hall–Kier alpha value is -2.52. The Morgan fingerprint density at radius 1 is 1.35 bits per heavy atom. The maximum Gasteiger partial charge on any atom is 0.287 e. The first-order chi connectivity index (χ1) is 10.8. The van der Waals surface area contributed by atoms with Gasteiger partial charge in [-0.3, -0.25) is 10.1 Å². The average molecular weight is 336 g/mol. The molecule has 1 atom stereocenters. The smallest absolute Gasteiger partial charge is 0.287 e. The minimum atomic E-state index is -3.77. The van der Waals surface area contributed by atoms with Gasteiger partial charge in [0.25, 0.3) is 5.69 Å². The lowest BCUT2D eigenvalue weighted by atomic mass is 10.0. The van der Waals surface area contributed by atoms with E-state index >= 15 is 0 Å². The average Bonchev–Trinajstić information content (AvgIpc) is 2.52. The normalized spacial score (nSPS) is 12.6. The molecule has 3 N–H and O–H groups in total. The molecule has 0 bridgehead atoms. The van der Waals surface area contributed by atoms with E-state index in [1.807, 2.05) is 6.92 Å². The van der Waals surface area contributed by atoms with Crippen LogP contribution in [0, 0.1) is 10.1 Å². The van der Waals surface area contributed by atoms with Crippen molar-refractivity contribution in [1.29, 1.82) is 0 Å². The van der Waals surface area contributed by atoms with E-state index in [9.17, 15) is 18.5 Å². The van der Waals surface area contributed by atoms with Gasteiger partial charge in [-0.2, -0.15) is 0 Å². The number of pyridine rings is 1. The fraction of sp³-hybridized carbons (Fsp3) is 0.214. The molecule has 0 saturated carbocycles. The summed E-state index contributed by atoms with van der Waals surface area (Å²) in [5.41, 5.74) is 0.638. The van der Waals surface area contributed by atoms with E-state index in [0.29, 0.717) is 12.2 Å². The third-order valence-electron chi connectivity index (χ3n) is 3.28. The number of nitrogens with two attached hydrogens (primary N) is 1. The lowest BCUT2D eigenvalue weighted by molar-refractivity contribution is -0.385. The van der Waals surface area contributed by atoms with Crippen LogP contribution in [0.1, 0.15) is 24.9 Å². The Labute approximate surface area is 133 Å². The topological polar surface area (TPSA) is 128 Å². The molecule has 0 unspecified atom stereocenters. The van der Waals surface area contributed by atoms with Crippen LogP contribution in [0.5, 0.6) is 0 Å². The second-order valence-corrected chi connectivity index (χ2v) is 6.44. The van der Waals surface area contributed by atoms with Crippen LogP contribution in [0.25, 0.3) is 0 Å². The summed E-state index contributed by atoms with van der Waals surface area (Å²) < 4.78 is 22.9. The minimum Gasteiger partial charge on any atom is -0.363 e. The van der Waals surface area contributed by atoms with Gasteiger partial charge >= 0.3 is 0 Å². The highest BCUT2D eigenvalue weighted by molar-refractivity contribution is 7.89.